The quantitative estimate of drug-likeness (QED) is 0.858. The van der Waals surface area contributed by atoms with Gasteiger partial charge >= 0.3 is 5.97 Å². The molecule has 1 aromatic rings. The van der Waals surface area contributed by atoms with Crippen LogP contribution in [0.5, 0.6) is 0 Å². The lowest BCUT2D eigenvalue weighted by molar-refractivity contribution is -0.139. The number of rotatable bonds is 3. The van der Waals surface area contributed by atoms with Crippen molar-refractivity contribution in [1.82, 2.24) is 4.90 Å². The van der Waals surface area contributed by atoms with Crippen molar-refractivity contribution in [3.8, 4) is 0 Å². The highest BCUT2D eigenvalue weighted by Gasteiger charge is 2.45. The molecule has 0 saturated carbocycles. The Labute approximate surface area is 112 Å². The van der Waals surface area contributed by atoms with Crippen molar-refractivity contribution >= 4 is 17.8 Å². The van der Waals surface area contributed by atoms with E-state index in [9.17, 15) is 23.2 Å². The van der Waals surface area contributed by atoms with E-state index in [1.54, 1.807) is 0 Å². The van der Waals surface area contributed by atoms with E-state index in [1.165, 1.54) is 13.8 Å². The molecule has 1 N–H and O–H groups in total. The molecule has 0 bridgehead atoms. The van der Waals surface area contributed by atoms with Gasteiger partial charge in [0.1, 0.15) is 0 Å². The first-order valence-corrected chi connectivity index (χ1v) is 5.75. The fraction of sp³-hybridized carbons (Fsp3) is 0.308. The lowest BCUT2D eigenvalue weighted by Crippen LogP contribution is -2.48. The molecule has 0 aliphatic carbocycles. The van der Waals surface area contributed by atoms with Gasteiger partial charge in [0, 0.05) is 0 Å². The second-order valence-electron chi connectivity index (χ2n) is 5.14. The molecule has 1 heterocycles. The van der Waals surface area contributed by atoms with Crippen LogP contribution in [0, 0.1) is 11.6 Å². The average Bonchev–Trinajstić information content (AvgIpc) is 2.51. The largest absolute Gasteiger partial charge is 0.481 e. The van der Waals surface area contributed by atoms with Crippen molar-refractivity contribution in [1.29, 1.82) is 0 Å². The van der Waals surface area contributed by atoms with Crippen LogP contribution in [0.2, 0.25) is 0 Å². The van der Waals surface area contributed by atoms with Crippen LogP contribution in [-0.4, -0.2) is 33.3 Å². The van der Waals surface area contributed by atoms with Gasteiger partial charge in [-0.3, -0.25) is 19.3 Å². The molecular formula is C13H11F2NO4. The number of carboxylic acid groups (broad SMARTS) is 1. The zero-order valence-corrected chi connectivity index (χ0v) is 10.7. The molecule has 0 atom stereocenters. The topological polar surface area (TPSA) is 74.7 Å². The highest BCUT2D eigenvalue weighted by atomic mass is 19.2. The molecule has 20 heavy (non-hydrogen) atoms. The standard InChI is InChI=1S/C13H11F2NO4/c1-13(2,5-10(17)18)16-11(19)6-3-8(14)9(15)4-7(6)12(16)20/h3-4H,5H2,1-2H3,(H,17,18). The third-order valence-corrected chi connectivity index (χ3v) is 3.12. The maximum Gasteiger partial charge on any atom is 0.305 e. The number of carbonyl (C=O) groups is 3. The Kier molecular flexibility index (Phi) is 3.08. The summed E-state index contributed by atoms with van der Waals surface area (Å²) >= 11 is 0. The molecule has 0 radical (unpaired) electrons. The lowest BCUT2D eigenvalue weighted by atomic mass is 9.98. The molecule has 1 aromatic carbocycles. The van der Waals surface area contributed by atoms with E-state index in [4.69, 9.17) is 5.11 Å². The second kappa shape index (κ2) is 4.36. The first-order chi connectivity index (χ1) is 9.15. The van der Waals surface area contributed by atoms with Crippen LogP contribution >= 0.6 is 0 Å². The number of aliphatic carboxylic acids is 1. The maximum absolute atomic E-state index is 13.2. The van der Waals surface area contributed by atoms with Crippen LogP contribution < -0.4 is 0 Å². The number of hydrogen-bond donors (Lipinski definition) is 1. The van der Waals surface area contributed by atoms with Gasteiger partial charge in [-0.1, -0.05) is 0 Å². The molecule has 0 aromatic heterocycles. The monoisotopic (exact) mass is 283 g/mol. The van der Waals surface area contributed by atoms with Crippen LogP contribution in [0.4, 0.5) is 8.78 Å². The van der Waals surface area contributed by atoms with Crippen molar-refractivity contribution in [3.63, 3.8) is 0 Å². The summed E-state index contributed by atoms with van der Waals surface area (Å²) in [4.78, 5) is 35.8. The smallest absolute Gasteiger partial charge is 0.305 e. The van der Waals surface area contributed by atoms with E-state index >= 15 is 0 Å². The van der Waals surface area contributed by atoms with Crippen molar-refractivity contribution in [3.05, 3.63) is 34.9 Å². The lowest BCUT2D eigenvalue weighted by Gasteiger charge is -2.32. The number of nitrogens with zero attached hydrogens (tertiary/aromatic N) is 1. The number of benzene rings is 1. The molecule has 0 unspecified atom stereocenters. The summed E-state index contributed by atoms with van der Waals surface area (Å²) in [6, 6.07) is 1.31. The van der Waals surface area contributed by atoms with Gasteiger partial charge in [-0.05, 0) is 26.0 Å². The number of imide groups is 1. The van der Waals surface area contributed by atoms with Crippen molar-refractivity contribution in [2.24, 2.45) is 0 Å². The Hall–Kier alpha value is -2.31. The molecule has 0 fully saturated rings. The molecule has 106 valence electrons. The van der Waals surface area contributed by atoms with Gasteiger partial charge in [0.25, 0.3) is 11.8 Å². The van der Waals surface area contributed by atoms with Crippen LogP contribution in [0.3, 0.4) is 0 Å². The van der Waals surface area contributed by atoms with Crippen LogP contribution in [-0.2, 0) is 4.79 Å². The van der Waals surface area contributed by atoms with Gasteiger partial charge in [0.05, 0.1) is 23.1 Å². The molecule has 1 aliphatic heterocycles. The molecule has 0 saturated heterocycles. The Balaban J connectivity index is 2.50. The minimum Gasteiger partial charge on any atom is -0.481 e. The second-order valence-corrected chi connectivity index (χ2v) is 5.14. The fourth-order valence-corrected chi connectivity index (χ4v) is 2.23. The van der Waals surface area contributed by atoms with Gasteiger partial charge in [-0.2, -0.15) is 0 Å². The number of amides is 2. The van der Waals surface area contributed by atoms with E-state index < -0.39 is 41.4 Å². The van der Waals surface area contributed by atoms with E-state index in [0.29, 0.717) is 12.1 Å². The molecule has 7 heteroatoms. The Morgan fingerprint density at radius 1 is 1.15 bits per heavy atom. The molecule has 2 rings (SSSR count). The number of carbonyl (C=O) groups excluding carboxylic acids is 2. The maximum atomic E-state index is 13.2. The van der Waals surface area contributed by atoms with Gasteiger partial charge < -0.3 is 5.11 Å². The Morgan fingerprint density at radius 2 is 1.55 bits per heavy atom. The van der Waals surface area contributed by atoms with Crippen LogP contribution in [0.15, 0.2) is 12.1 Å². The summed E-state index contributed by atoms with van der Waals surface area (Å²) in [6.07, 6.45) is -0.469. The predicted molar refractivity (Wildman–Crippen MR) is 63.2 cm³/mol. The zero-order chi connectivity index (χ0) is 15.2. The Morgan fingerprint density at radius 3 is 1.90 bits per heavy atom. The summed E-state index contributed by atoms with van der Waals surface area (Å²) in [5.41, 5.74) is -1.81. The minimum atomic E-state index is -1.30. The average molecular weight is 283 g/mol. The number of carboxylic acids is 1. The highest BCUT2D eigenvalue weighted by Crippen LogP contribution is 2.32. The van der Waals surface area contributed by atoms with Gasteiger partial charge in [0.15, 0.2) is 11.6 Å². The molecule has 2 amide bonds. The number of hydrogen-bond acceptors (Lipinski definition) is 3. The van der Waals surface area contributed by atoms with Crippen LogP contribution in [0.25, 0.3) is 0 Å². The SMILES string of the molecule is CC(C)(CC(=O)O)N1C(=O)c2cc(F)c(F)cc2C1=O. The molecular weight excluding hydrogens is 272 g/mol. The fourth-order valence-electron chi connectivity index (χ4n) is 2.23. The third kappa shape index (κ3) is 2.04. The highest BCUT2D eigenvalue weighted by molar-refractivity contribution is 6.22. The zero-order valence-electron chi connectivity index (χ0n) is 10.7. The van der Waals surface area contributed by atoms with E-state index in [0.717, 1.165) is 4.90 Å². The molecule has 0 spiro atoms. The van der Waals surface area contributed by atoms with E-state index in [-0.39, 0.29) is 11.1 Å². The van der Waals surface area contributed by atoms with Gasteiger partial charge in [-0.25, -0.2) is 8.78 Å². The van der Waals surface area contributed by atoms with Crippen molar-refractivity contribution < 1.29 is 28.3 Å². The van der Waals surface area contributed by atoms with Gasteiger partial charge in [0.2, 0.25) is 0 Å². The number of fused-ring (bicyclic) bond motifs is 1. The summed E-state index contributed by atoms with van der Waals surface area (Å²) in [7, 11) is 0. The normalized spacial score (nSPS) is 14.7. The Bertz CT molecular complexity index is 599. The summed E-state index contributed by atoms with van der Waals surface area (Å²) in [6.45, 7) is 2.80. The van der Waals surface area contributed by atoms with E-state index in [2.05, 4.69) is 0 Å². The summed E-state index contributed by atoms with van der Waals surface area (Å²) in [5, 5.41) is 8.82. The van der Waals surface area contributed by atoms with Crippen molar-refractivity contribution in [2.75, 3.05) is 0 Å². The minimum absolute atomic E-state index is 0.257. The molecule has 1 aliphatic rings. The third-order valence-electron chi connectivity index (χ3n) is 3.12. The van der Waals surface area contributed by atoms with Crippen LogP contribution in [0.1, 0.15) is 41.0 Å². The summed E-state index contributed by atoms with van der Waals surface area (Å²) < 4.78 is 26.3. The van der Waals surface area contributed by atoms with E-state index in [1.807, 2.05) is 0 Å². The predicted octanol–water partition coefficient (Wildman–Crippen LogP) is 1.81. The van der Waals surface area contributed by atoms with Gasteiger partial charge in [-0.15, -0.1) is 0 Å². The summed E-state index contributed by atoms with van der Waals surface area (Å²) in [5.74, 6) is -5.31. The van der Waals surface area contributed by atoms with Crippen molar-refractivity contribution in [2.45, 2.75) is 25.8 Å². The molecule has 5 nitrogen and oxygen atoms in total. The first-order valence-electron chi connectivity index (χ1n) is 5.75. The number of halogens is 2. The first kappa shape index (κ1) is 14.1.